The molecule has 4 rings (SSSR count). The van der Waals surface area contributed by atoms with Crippen LogP contribution in [0.1, 0.15) is 6.92 Å². The number of hydrogen-bond donors (Lipinski definition) is 2. The molecule has 0 saturated carbocycles. The van der Waals surface area contributed by atoms with E-state index >= 15 is 0 Å². The molecule has 128 valence electrons. The molecule has 2 heterocycles. The molecule has 1 aliphatic rings. The molecule has 1 atom stereocenters. The molecule has 3 aromatic rings. The zero-order chi connectivity index (χ0) is 17.4. The molecule has 0 spiro atoms. The SMILES string of the molecule is C[C@H](Sc1nc2ccc(Cl)cc2[nH]1)C(=O)Nc1ccc2c(c1)OCO2. The minimum atomic E-state index is -0.332. The van der Waals surface area contributed by atoms with Gasteiger partial charge in [-0.25, -0.2) is 4.98 Å². The van der Waals surface area contributed by atoms with Crippen LogP contribution in [-0.4, -0.2) is 27.9 Å². The Hall–Kier alpha value is -2.38. The molecule has 6 nitrogen and oxygen atoms in total. The lowest BCUT2D eigenvalue weighted by Gasteiger charge is -2.11. The van der Waals surface area contributed by atoms with Crippen molar-refractivity contribution in [2.45, 2.75) is 17.3 Å². The van der Waals surface area contributed by atoms with Crippen molar-refractivity contribution in [2.24, 2.45) is 0 Å². The van der Waals surface area contributed by atoms with E-state index in [1.165, 1.54) is 11.8 Å². The largest absolute Gasteiger partial charge is 0.454 e. The Morgan fingerprint density at radius 2 is 2.12 bits per heavy atom. The van der Waals surface area contributed by atoms with Crippen LogP contribution < -0.4 is 14.8 Å². The highest BCUT2D eigenvalue weighted by atomic mass is 35.5. The summed E-state index contributed by atoms with van der Waals surface area (Å²) >= 11 is 7.33. The minimum absolute atomic E-state index is 0.123. The summed E-state index contributed by atoms with van der Waals surface area (Å²) in [5, 5.41) is 3.86. The second-order valence-electron chi connectivity index (χ2n) is 5.52. The zero-order valence-electron chi connectivity index (χ0n) is 13.2. The van der Waals surface area contributed by atoms with Crippen LogP contribution in [0.3, 0.4) is 0 Å². The highest BCUT2D eigenvalue weighted by Crippen LogP contribution is 2.34. The fraction of sp³-hybridized carbons (Fsp3) is 0.176. The summed E-state index contributed by atoms with van der Waals surface area (Å²) in [5.41, 5.74) is 2.33. The lowest BCUT2D eigenvalue weighted by Crippen LogP contribution is -2.22. The van der Waals surface area contributed by atoms with Gasteiger partial charge in [0.2, 0.25) is 12.7 Å². The number of carbonyl (C=O) groups is 1. The van der Waals surface area contributed by atoms with Crippen molar-refractivity contribution in [3.05, 3.63) is 41.4 Å². The van der Waals surface area contributed by atoms with Crippen LogP contribution in [0.25, 0.3) is 11.0 Å². The van der Waals surface area contributed by atoms with Gasteiger partial charge in [-0.1, -0.05) is 23.4 Å². The van der Waals surface area contributed by atoms with Crippen LogP contribution in [0.15, 0.2) is 41.6 Å². The third-order valence-corrected chi connectivity index (χ3v) is 4.94. The van der Waals surface area contributed by atoms with Crippen LogP contribution in [0.5, 0.6) is 11.5 Å². The third-order valence-electron chi connectivity index (χ3n) is 3.72. The van der Waals surface area contributed by atoms with E-state index in [0.717, 1.165) is 11.0 Å². The Morgan fingerprint density at radius 1 is 1.28 bits per heavy atom. The lowest BCUT2D eigenvalue weighted by molar-refractivity contribution is -0.115. The first-order valence-corrected chi connectivity index (χ1v) is 8.87. The number of nitrogens with zero attached hydrogens (tertiary/aromatic N) is 1. The number of benzene rings is 2. The van der Waals surface area contributed by atoms with Gasteiger partial charge in [0.15, 0.2) is 16.7 Å². The van der Waals surface area contributed by atoms with E-state index in [1.54, 1.807) is 24.3 Å². The first-order chi connectivity index (χ1) is 12.1. The number of ether oxygens (including phenoxy) is 2. The number of imidazole rings is 1. The van der Waals surface area contributed by atoms with Gasteiger partial charge in [-0.2, -0.15) is 0 Å². The maximum atomic E-state index is 12.4. The first kappa shape index (κ1) is 16.1. The van der Waals surface area contributed by atoms with Crippen LogP contribution in [-0.2, 0) is 4.79 Å². The normalized spacial score (nSPS) is 13.8. The molecule has 0 fully saturated rings. The number of anilines is 1. The van der Waals surface area contributed by atoms with Crippen LogP contribution >= 0.6 is 23.4 Å². The number of aromatic nitrogens is 2. The Bertz CT molecular complexity index is 959. The van der Waals surface area contributed by atoms with Crippen LogP contribution in [0.4, 0.5) is 5.69 Å². The highest BCUT2D eigenvalue weighted by molar-refractivity contribution is 8.00. The van der Waals surface area contributed by atoms with Gasteiger partial charge in [-0.15, -0.1) is 0 Å². The van der Waals surface area contributed by atoms with Gasteiger partial charge in [-0.3, -0.25) is 4.79 Å². The molecule has 0 radical (unpaired) electrons. The van der Waals surface area contributed by atoms with Crippen LogP contribution in [0.2, 0.25) is 5.02 Å². The van der Waals surface area contributed by atoms with Crippen molar-refractivity contribution in [1.29, 1.82) is 0 Å². The number of hydrogen-bond acceptors (Lipinski definition) is 5. The van der Waals surface area contributed by atoms with Gasteiger partial charge in [0.05, 0.1) is 16.3 Å². The van der Waals surface area contributed by atoms with Crippen molar-refractivity contribution >= 4 is 46.0 Å². The number of halogens is 1. The second kappa shape index (κ2) is 6.50. The molecule has 1 aromatic heterocycles. The molecule has 0 bridgehead atoms. The number of amides is 1. The number of H-pyrrole nitrogens is 1. The average molecular weight is 376 g/mol. The number of aromatic amines is 1. The van der Waals surface area contributed by atoms with Crippen molar-refractivity contribution in [3.8, 4) is 11.5 Å². The molecule has 0 unspecified atom stereocenters. The molecular formula is C17H14ClN3O3S. The van der Waals surface area contributed by atoms with Gasteiger partial charge >= 0.3 is 0 Å². The van der Waals surface area contributed by atoms with E-state index < -0.39 is 0 Å². The van der Waals surface area contributed by atoms with E-state index in [-0.39, 0.29) is 18.0 Å². The van der Waals surface area contributed by atoms with Crippen LogP contribution in [0, 0.1) is 0 Å². The maximum absolute atomic E-state index is 12.4. The Labute approximate surface area is 152 Å². The van der Waals surface area contributed by atoms with Gasteiger partial charge in [0.1, 0.15) is 0 Å². The number of nitrogens with one attached hydrogen (secondary N) is 2. The van der Waals surface area contributed by atoms with E-state index in [4.69, 9.17) is 21.1 Å². The fourth-order valence-corrected chi connectivity index (χ4v) is 3.45. The van der Waals surface area contributed by atoms with Gasteiger partial charge in [0, 0.05) is 16.8 Å². The second-order valence-corrected chi connectivity index (χ2v) is 7.29. The molecule has 1 amide bonds. The van der Waals surface area contributed by atoms with E-state index in [0.29, 0.717) is 27.4 Å². The summed E-state index contributed by atoms with van der Waals surface area (Å²) < 4.78 is 10.6. The van der Waals surface area contributed by atoms with Crippen molar-refractivity contribution < 1.29 is 14.3 Å². The smallest absolute Gasteiger partial charge is 0.237 e. The molecule has 2 aromatic carbocycles. The Balaban J connectivity index is 1.44. The molecule has 1 aliphatic heterocycles. The fourth-order valence-electron chi connectivity index (χ4n) is 2.45. The van der Waals surface area contributed by atoms with E-state index in [1.807, 2.05) is 19.1 Å². The maximum Gasteiger partial charge on any atom is 0.237 e. The summed E-state index contributed by atoms with van der Waals surface area (Å²) in [7, 11) is 0. The molecule has 0 saturated heterocycles. The predicted octanol–water partition coefficient (Wildman–Crippen LogP) is 4.06. The van der Waals surface area contributed by atoms with Crippen molar-refractivity contribution in [3.63, 3.8) is 0 Å². The first-order valence-electron chi connectivity index (χ1n) is 7.61. The van der Waals surface area contributed by atoms with Gasteiger partial charge < -0.3 is 19.8 Å². The topological polar surface area (TPSA) is 76.2 Å². The molecule has 8 heteroatoms. The summed E-state index contributed by atoms with van der Waals surface area (Å²) in [6, 6.07) is 10.8. The molecular weight excluding hydrogens is 362 g/mol. The Kier molecular flexibility index (Phi) is 4.19. The average Bonchev–Trinajstić information content (AvgIpc) is 3.19. The predicted molar refractivity (Wildman–Crippen MR) is 97.6 cm³/mol. The summed E-state index contributed by atoms with van der Waals surface area (Å²) in [4.78, 5) is 20.1. The number of rotatable bonds is 4. The minimum Gasteiger partial charge on any atom is -0.454 e. The number of thioether (sulfide) groups is 1. The van der Waals surface area contributed by atoms with Crippen molar-refractivity contribution in [1.82, 2.24) is 9.97 Å². The van der Waals surface area contributed by atoms with E-state index in [9.17, 15) is 4.79 Å². The number of fused-ring (bicyclic) bond motifs is 2. The summed E-state index contributed by atoms with van der Waals surface area (Å²) in [6.07, 6.45) is 0. The Morgan fingerprint density at radius 3 is 3.00 bits per heavy atom. The van der Waals surface area contributed by atoms with Crippen molar-refractivity contribution in [2.75, 3.05) is 12.1 Å². The highest BCUT2D eigenvalue weighted by Gasteiger charge is 2.19. The molecule has 25 heavy (non-hydrogen) atoms. The quantitative estimate of drug-likeness (QED) is 0.672. The summed E-state index contributed by atoms with van der Waals surface area (Å²) in [6.45, 7) is 2.03. The lowest BCUT2D eigenvalue weighted by atomic mass is 10.2. The van der Waals surface area contributed by atoms with Gasteiger partial charge in [-0.05, 0) is 37.3 Å². The summed E-state index contributed by atoms with van der Waals surface area (Å²) in [5.74, 6) is 1.19. The molecule has 2 N–H and O–H groups in total. The standard InChI is InChI=1S/C17H14ClN3O3S/c1-9(25-17-20-12-4-2-10(18)6-13(12)21-17)16(22)19-11-3-5-14-15(7-11)24-8-23-14/h2-7,9H,8H2,1H3,(H,19,22)(H,20,21)/t9-/m0/s1. The third kappa shape index (κ3) is 3.38. The monoisotopic (exact) mass is 375 g/mol. The zero-order valence-corrected chi connectivity index (χ0v) is 14.8. The number of carbonyl (C=O) groups excluding carboxylic acids is 1. The molecule has 0 aliphatic carbocycles. The van der Waals surface area contributed by atoms with E-state index in [2.05, 4.69) is 15.3 Å². The van der Waals surface area contributed by atoms with Gasteiger partial charge in [0.25, 0.3) is 0 Å².